The Morgan fingerprint density at radius 2 is 2.05 bits per heavy atom. The Morgan fingerprint density at radius 1 is 1.38 bits per heavy atom. The molecule has 0 saturated carbocycles. The number of rotatable bonds is 8. The smallest absolute Gasteiger partial charge is 0.349 e. The van der Waals surface area contributed by atoms with Crippen molar-refractivity contribution in [1.29, 1.82) is 0 Å². The van der Waals surface area contributed by atoms with Gasteiger partial charge in [0.15, 0.2) is 0 Å². The molecular weight excluding hydrogens is 314 g/mol. The minimum absolute atomic E-state index is 0.0315. The number of ether oxygens (including phenoxy) is 1. The van der Waals surface area contributed by atoms with Gasteiger partial charge < -0.3 is 9.84 Å². The molecule has 0 radical (unpaired) electrons. The van der Waals surface area contributed by atoms with E-state index in [0.29, 0.717) is 24.9 Å². The van der Waals surface area contributed by atoms with Gasteiger partial charge in [0.2, 0.25) is 10.0 Å². The number of hydrogen-bond acceptors (Lipinski definition) is 6. The van der Waals surface area contributed by atoms with Crippen molar-refractivity contribution in [3.63, 3.8) is 0 Å². The zero-order valence-electron chi connectivity index (χ0n) is 12.5. The Morgan fingerprint density at radius 3 is 2.62 bits per heavy atom. The van der Waals surface area contributed by atoms with Crippen LogP contribution in [0.1, 0.15) is 34.5 Å². The number of sulfonamides is 1. The molecule has 1 rings (SSSR count). The molecule has 0 amide bonds. The molecule has 0 unspecified atom stereocenters. The second-order valence-corrected chi connectivity index (χ2v) is 7.54. The van der Waals surface area contributed by atoms with Crippen molar-refractivity contribution in [2.45, 2.75) is 31.1 Å². The van der Waals surface area contributed by atoms with E-state index >= 15 is 0 Å². The number of methoxy groups -OCH3 is 1. The summed E-state index contributed by atoms with van der Waals surface area (Å²) < 4.78 is 31.1. The molecule has 8 heteroatoms. The van der Waals surface area contributed by atoms with Crippen LogP contribution in [0.5, 0.6) is 0 Å². The fourth-order valence-electron chi connectivity index (χ4n) is 1.89. The second-order valence-electron chi connectivity index (χ2n) is 4.68. The van der Waals surface area contributed by atoms with Gasteiger partial charge in [0, 0.05) is 20.2 Å². The van der Waals surface area contributed by atoms with E-state index in [2.05, 4.69) is 4.74 Å². The highest BCUT2D eigenvalue weighted by atomic mass is 32.2. The molecule has 21 heavy (non-hydrogen) atoms. The lowest BCUT2D eigenvalue weighted by molar-refractivity contribution is 0.0602. The SMILES string of the molecule is COC(=O)c1scc(C)c1S(=O)(=O)N(C)CCCCCO. The molecule has 0 saturated heterocycles. The molecular formula is C13H21NO5S2. The Hall–Kier alpha value is -0.960. The Kier molecular flexibility index (Phi) is 6.79. The predicted octanol–water partition coefficient (Wildman–Crippen LogP) is 1.63. The number of hydrogen-bond donors (Lipinski definition) is 1. The molecule has 1 aromatic heterocycles. The largest absolute Gasteiger partial charge is 0.465 e. The molecule has 120 valence electrons. The van der Waals surface area contributed by atoms with Crippen LogP contribution in [0.4, 0.5) is 0 Å². The number of aliphatic hydroxyl groups excluding tert-OH is 1. The van der Waals surface area contributed by atoms with Crippen molar-refractivity contribution < 1.29 is 23.1 Å². The maximum atomic E-state index is 12.6. The second kappa shape index (κ2) is 7.88. The van der Waals surface area contributed by atoms with Crippen LogP contribution in [-0.4, -0.2) is 51.1 Å². The molecule has 0 fully saturated rings. The van der Waals surface area contributed by atoms with Gasteiger partial charge in [-0.05, 0) is 37.1 Å². The van der Waals surface area contributed by atoms with Crippen LogP contribution in [0.15, 0.2) is 10.3 Å². The number of carbonyl (C=O) groups excluding carboxylic acids is 1. The van der Waals surface area contributed by atoms with Crippen LogP contribution in [-0.2, 0) is 14.8 Å². The lowest BCUT2D eigenvalue weighted by atomic mass is 10.2. The Balaban J connectivity index is 2.97. The van der Waals surface area contributed by atoms with Crippen molar-refractivity contribution in [2.24, 2.45) is 0 Å². The molecule has 0 atom stereocenters. The number of aryl methyl sites for hydroxylation is 1. The topological polar surface area (TPSA) is 83.9 Å². The van der Waals surface area contributed by atoms with E-state index in [0.717, 1.165) is 17.8 Å². The van der Waals surface area contributed by atoms with Gasteiger partial charge >= 0.3 is 5.97 Å². The summed E-state index contributed by atoms with van der Waals surface area (Å²) in [6, 6.07) is 0. The highest BCUT2D eigenvalue weighted by Gasteiger charge is 2.30. The number of nitrogens with zero attached hydrogens (tertiary/aromatic N) is 1. The third-order valence-corrected chi connectivity index (χ3v) is 6.34. The average Bonchev–Trinajstić information content (AvgIpc) is 2.84. The summed E-state index contributed by atoms with van der Waals surface area (Å²) >= 11 is 1.07. The lowest BCUT2D eigenvalue weighted by Gasteiger charge is -2.17. The molecule has 1 heterocycles. The van der Waals surface area contributed by atoms with Crippen molar-refractivity contribution in [3.05, 3.63) is 15.8 Å². The number of aliphatic hydroxyl groups is 1. The molecule has 0 aliphatic heterocycles. The average molecular weight is 335 g/mol. The monoisotopic (exact) mass is 335 g/mol. The van der Waals surface area contributed by atoms with Crippen LogP contribution in [0.2, 0.25) is 0 Å². The summed E-state index contributed by atoms with van der Waals surface area (Å²) in [5, 5.41) is 10.4. The fraction of sp³-hybridized carbons (Fsp3) is 0.615. The maximum absolute atomic E-state index is 12.6. The number of carbonyl (C=O) groups is 1. The van der Waals surface area contributed by atoms with Crippen LogP contribution in [0.25, 0.3) is 0 Å². The van der Waals surface area contributed by atoms with E-state index in [1.807, 2.05) is 0 Å². The van der Waals surface area contributed by atoms with Crippen molar-refractivity contribution >= 4 is 27.3 Å². The van der Waals surface area contributed by atoms with Gasteiger partial charge in [0.05, 0.1) is 7.11 Å². The van der Waals surface area contributed by atoms with Crippen molar-refractivity contribution in [3.8, 4) is 0 Å². The van der Waals surface area contributed by atoms with Gasteiger partial charge in [-0.3, -0.25) is 0 Å². The molecule has 6 nitrogen and oxygen atoms in total. The summed E-state index contributed by atoms with van der Waals surface area (Å²) in [6.45, 7) is 2.11. The fourth-order valence-corrected chi connectivity index (χ4v) is 4.75. The third kappa shape index (κ3) is 4.26. The number of esters is 1. The van der Waals surface area contributed by atoms with Crippen LogP contribution < -0.4 is 0 Å². The van der Waals surface area contributed by atoms with Crippen molar-refractivity contribution in [1.82, 2.24) is 4.31 Å². The van der Waals surface area contributed by atoms with Gasteiger partial charge in [-0.1, -0.05) is 0 Å². The van der Waals surface area contributed by atoms with E-state index < -0.39 is 16.0 Å². The van der Waals surface area contributed by atoms with Gasteiger partial charge in [0.1, 0.15) is 9.77 Å². The third-order valence-electron chi connectivity index (χ3n) is 3.09. The maximum Gasteiger partial charge on any atom is 0.349 e. The summed E-state index contributed by atoms with van der Waals surface area (Å²) in [4.78, 5) is 11.8. The standard InChI is InChI=1S/C13H21NO5S2/c1-10-9-20-11(13(16)19-3)12(10)21(17,18)14(2)7-5-4-6-8-15/h9,15H,4-8H2,1-3H3. The quantitative estimate of drug-likeness (QED) is 0.576. The first-order valence-corrected chi connectivity index (χ1v) is 8.91. The lowest BCUT2D eigenvalue weighted by Crippen LogP contribution is -2.29. The molecule has 1 aromatic rings. The van der Waals surface area contributed by atoms with E-state index in [1.54, 1.807) is 12.3 Å². The van der Waals surface area contributed by atoms with E-state index in [1.165, 1.54) is 18.5 Å². The van der Waals surface area contributed by atoms with E-state index in [4.69, 9.17) is 5.11 Å². The minimum atomic E-state index is -3.72. The molecule has 0 aliphatic rings. The molecule has 1 N–H and O–H groups in total. The van der Waals surface area contributed by atoms with Gasteiger partial charge in [0.25, 0.3) is 0 Å². The first kappa shape index (κ1) is 18.1. The molecule has 0 bridgehead atoms. The summed E-state index contributed by atoms with van der Waals surface area (Å²) in [6.07, 6.45) is 2.06. The summed E-state index contributed by atoms with van der Waals surface area (Å²) in [5.41, 5.74) is 0.544. The highest BCUT2D eigenvalue weighted by Crippen LogP contribution is 2.29. The molecule has 0 spiro atoms. The first-order chi connectivity index (χ1) is 9.86. The first-order valence-electron chi connectivity index (χ1n) is 6.59. The molecule has 0 aliphatic carbocycles. The van der Waals surface area contributed by atoms with E-state index in [9.17, 15) is 13.2 Å². The molecule has 0 aromatic carbocycles. The van der Waals surface area contributed by atoms with Gasteiger partial charge in [-0.25, -0.2) is 17.5 Å². The van der Waals surface area contributed by atoms with Crippen molar-refractivity contribution in [2.75, 3.05) is 27.3 Å². The number of unbranched alkanes of at least 4 members (excludes halogenated alkanes) is 2. The minimum Gasteiger partial charge on any atom is -0.465 e. The van der Waals surface area contributed by atoms with Gasteiger partial charge in [-0.15, -0.1) is 11.3 Å². The van der Waals surface area contributed by atoms with Crippen LogP contribution in [0.3, 0.4) is 0 Å². The van der Waals surface area contributed by atoms with Gasteiger partial charge in [-0.2, -0.15) is 0 Å². The van der Waals surface area contributed by atoms with Crippen LogP contribution in [0, 0.1) is 6.92 Å². The Labute approximate surface area is 129 Å². The predicted molar refractivity (Wildman–Crippen MR) is 81.1 cm³/mol. The van der Waals surface area contributed by atoms with Crippen LogP contribution >= 0.6 is 11.3 Å². The summed E-state index contributed by atoms with van der Waals surface area (Å²) in [5.74, 6) is -0.639. The normalized spacial score (nSPS) is 11.9. The Bertz CT molecular complexity index is 579. The highest BCUT2D eigenvalue weighted by molar-refractivity contribution is 7.89. The zero-order chi connectivity index (χ0) is 16.0. The summed E-state index contributed by atoms with van der Waals surface area (Å²) in [7, 11) is -0.998. The number of thiophene rings is 1. The van der Waals surface area contributed by atoms with E-state index in [-0.39, 0.29) is 16.4 Å². The zero-order valence-corrected chi connectivity index (χ0v) is 14.1.